The average molecular weight is 291 g/mol. The summed E-state index contributed by atoms with van der Waals surface area (Å²) in [7, 11) is 0. The molecule has 0 aliphatic carbocycles. The molecule has 1 fully saturated rings. The molecule has 1 N–H and O–H groups in total. The Morgan fingerprint density at radius 2 is 2.38 bits per heavy atom. The van der Waals surface area contributed by atoms with Gasteiger partial charge in [0.2, 0.25) is 0 Å². The van der Waals surface area contributed by atoms with Crippen molar-refractivity contribution < 1.29 is 19.0 Å². The quantitative estimate of drug-likeness (QED) is 0.838. The van der Waals surface area contributed by atoms with Crippen LogP contribution in [0.1, 0.15) is 29.3 Å². The van der Waals surface area contributed by atoms with Crippen molar-refractivity contribution in [2.75, 3.05) is 26.3 Å². The van der Waals surface area contributed by atoms with E-state index in [1.807, 2.05) is 6.92 Å². The van der Waals surface area contributed by atoms with Gasteiger partial charge in [-0.3, -0.25) is 4.79 Å². The van der Waals surface area contributed by atoms with Crippen LogP contribution in [0.3, 0.4) is 0 Å². The van der Waals surface area contributed by atoms with Gasteiger partial charge in [0.05, 0.1) is 18.3 Å². The van der Waals surface area contributed by atoms with Gasteiger partial charge < -0.3 is 14.7 Å². The van der Waals surface area contributed by atoms with E-state index >= 15 is 0 Å². The molecule has 21 heavy (non-hydrogen) atoms. The molecule has 1 atom stereocenters. The largest absolute Gasteiger partial charge is 0.384 e. The number of carbonyl (C=O) groups is 1. The summed E-state index contributed by atoms with van der Waals surface area (Å²) < 4.78 is 19.0. The van der Waals surface area contributed by atoms with Gasteiger partial charge in [0, 0.05) is 18.7 Å². The third kappa shape index (κ3) is 3.81. The summed E-state index contributed by atoms with van der Waals surface area (Å²) in [6.07, 6.45) is 0.840. The predicted octanol–water partition coefficient (Wildman–Crippen LogP) is 1.42. The highest BCUT2D eigenvalue weighted by Gasteiger charge is 2.25. The van der Waals surface area contributed by atoms with Gasteiger partial charge >= 0.3 is 0 Å². The number of carbonyl (C=O) groups excluding carboxylic acids is 1. The lowest BCUT2D eigenvalue weighted by atomic mass is 10.1. The number of aliphatic hydroxyl groups is 1. The lowest BCUT2D eigenvalue weighted by Crippen LogP contribution is -2.45. The van der Waals surface area contributed by atoms with Gasteiger partial charge in [-0.1, -0.05) is 18.8 Å². The van der Waals surface area contributed by atoms with Crippen LogP contribution in [0.4, 0.5) is 4.39 Å². The minimum Gasteiger partial charge on any atom is -0.384 e. The number of ether oxygens (including phenoxy) is 1. The van der Waals surface area contributed by atoms with Crippen molar-refractivity contribution in [3.05, 3.63) is 35.1 Å². The Morgan fingerprint density at radius 3 is 3.10 bits per heavy atom. The molecule has 1 aromatic carbocycles. The molecule has 1 aromatic rings. The van der Waals surface area contributed by atoms with E-state index in [0.717, 1.165) is 6.42 Å². The summed E-state index contributed by atoms with van der Waals surface area (Å²) in [4.78, 5) is 14.2. The van der Waals surface area contributed by atoms with Crippen LogP contribution < -0.4 is 0 Å². The molecule has 1 aliphatic heterocycles. The molecule has 1 unspecified atom stereocenters. The van der Waals surface area contributed by atoms with Gasteiger partial charge in [-0.2, -0.15) is 0 Å². The van der Waals surface area contributed by atoms with Crippen LogP contribution in [-0.4, -0.2) is 48.3 Å². The predicted molar refractivity (Wildman–Crippen MR) is 76.3 cm³/mol. The van der Waals surface area contributed by atoms with Crippen molar-refractivity contribution in [3.8, 4) is 11.8 Å². The molecule has 5 heteroatoms. The van der Waals surface area contributed by atoms with Crippen LogP contribution >= 0.6 is 0 Å². The molecule has 1 amide bonds. The number of aliphatic hydroxyl groups excluding tert-OH is 1. The molecule has 1 aliphatic rings. The van der Waals surface area contributed by atoms with Crippen molar-refractivity contribution in [3.63, 3.8) is 0 Å². The van der Waals surface area contributed by atoms with Gasteiger partial charge in [-0.15, -0.1) is 0 Å². The molecule has 0 bridgehead atoms. The van der Waals surface area contributed by atoms with E-state index in [-0.39, 0.29) is 24.2 Å². The Kier molecular flexibility index (Phi) is 5.32. The number of benzene rings is 1. The normalized spacial score (nSPS) is 18.0. The third-order valence-corrected chi connectivity index (χ3v) is 3.40. The van der Waals surface area contributed by atoms with Crippen molar-refractivity contribution in [1.29, 1.82) is 0 Å². The van der Waals surface area contributed by atoms with Crippen LogP contribution in [0, 0.1) is 17.7 Å². The first-order valence-corrected chi connectivity index (χ1v) is 6.95. The molecular formula is C16H18FNO3. The highest BCUT2D eigenvalue weighted by atomic mass is 19.1. The topological polar surface area (TPSA) is 49.8 Å². The zero-order chi connectivity index (χ0) is 15.2. The van der Waals surface area contributed by atoms with Crippen LogP contribution in [0.25, 0.3) is 0 Å². The van der Waals surface area contributed by atoms with E-state index in [9.17, 15) is 9.18 Å². The number of halogens is 1. The highest BCUT2D eigenvalue weighted by molar-refractivity contribution is 5.96. The Bertz CT molecular complexity index is 577. The van der Waals surface area contributed by atoms with Crippen molar-refractivity contribution >= 4 is 5.91 Å². The summed E-state index contributed by atoms with van der Waals surface area (Å²) in [5.74, 6) is 4.45. The van der Waals surface area contributed by atoms with Crippen molar-refractivity contribution in [1.82, 2.24) is 4.90 Å². The summed E-state index contributed by atoms with van der Waals surface area (Å²) in [5.41, 5.74) is 0.655. The zero-order valence-corrected chi connectivity index (χ0v) is 11.9. The van der Waals surface area contributed by atoms with E-state index in [0.29, 0.717) is 25.3 Å². The fraction of sp³-hybridized carbons (Fsp3) is 0.438. The lowest BCUT2D eigenvalue weighted by molar-refractivity contribution is -0.0226. The number of rotatable bonds is 2. The first-order valence-electron chi connectivity index (χ1n) is 6.95. The monoisotopic (exact) mass is 291 g/mol. The zero-order valence-electron chi connectivity index (χ0n) is 11.9. The second kappa shape index (κ2) is 7.21. The molecule has 0 aromatic heterocycles. The molecule has 0 saturated carbocycles. The maximum Gasteiger partial charge on any atom is 0.255 e. The number of amides is 1. The number of hydrogen-bond donors (Lipinski definition) is 1. The molecule has 0 spiro atoms. The summed E-state index contributed by atoms with van der Waals surface area (Å²) in [6, 6.07) is 3.91. The number of hydrogen-bond acceptors (Lipinski definition) is 3. The highest BCUT2D eigenvalue weighted by Crippen LogP contribution is 2.16. The van der Waals surface area contributed by atoms with Crippen molar-refractivity contribution in [2.45, 2.75) is 19.4 Å². The first-order chi connectivity index (χ1) is 10.2. The molecule has 1 heterocycles. The van der Waals surface area contributed by atoms with Crippen LogP contribution in [-0.2, 0) is 4.74 Å². The molecular weight excluding hydrogens is 273 g/mol. The molecule has 2 rings (SSSR count). The molecule has 0 radical (unpaired) electrons. The standard InChI is InChI=1S/C16H18FNO3/c1-2-14-11-18(7-9-21-14)16(20)15-10-13(17)6-5-12(15)4-3-8-19/h5-6,10,14,19H,2,7-9,11H2,1H3. The van der Waals surface area contributed by atoms with E-state index < -0.39 is 5.82 Å². The third-order valence-electron chi connectivity index (χ3n) is 3.40. The Hall–Kier alpha value is -1.90. The second-order valence-electron chi connectivity index (χ2n) is 4.80. The number of morpholine rings is 1. The van der Waals surface area contributed by atoms with Crippen molar-refractivity contribution in [2.24, 2.45) is 0 Å². The van der Waals surface area contributed by atoms with Gasteiger partial charge in [0.25, 0.3) is 5.91 Å². The van der Waals surface area contributed by atoms with E-state index in [4.69, 9.17) is 9.84 Å². The average Bonchev–Trinajstić information content (AvgIpc) is 2.53. The van der Waals surface area contributed by atoms with Crippen LogP contribution in [0.2, 0.25) is 0 Å². The summed E-state index contributed by atoms with van der Waals surface area (Å²) >= 11 is 0. The molecule has 1 saturated heterocycles. The van der Waals surface area contributed by atoms with E-state index in [1.165, 1.54) is 18.2 Å². The Balaban J connectivity index is 2.27. The van der Waals surface area contributed by atoms with E-state index in [1.54, 1.807) is 4.90 Å². The Morgan fingerprint density at radius 1 is 1.57 bits per heavy atom. The molecule has 112 valence electrons. The maximum absolute atomic E-state index is 13.4. The van der Waals surface area contributed by atoms with Gasteiger partial charge in [-0.25, -0.2) is 4.39 Å². The lowest BCUT2D eigenvalue weighted by Gasteiger charge is -2.32. The Labute approximate surface area is 123 Å². The second-order valence-corrected chi connectivity index (χ2v) is 4.80. The van der Waals surface area contributed by atoms with Crippen LogP contribution in [0.15, 0.2) is 18.2 Å². The number of nitrogens with zero attached hydrogens (tertiary/aromatic N) is 1. The minimum absolute atomic E-state index is 0.0169. The fourth-order valence-electron chi connectivity index (χ4n) is 2.26. The van der Waals surface area contributed by atoms with Gasteiger partial charge in [0.1, 0.15) is 12.4 Å². The SMILES string of the molecule is CCC1CN(C(=O)c2cc(F)ccc2C#CCO)CCO1. The smallest absolute Gasteiger partial charge is 0.255 e. The summed E-state index contributed by atoms with van der Waals surface area (Å²) in [6.45, 7) is 3.16. The van der Waals surface area contributed by atoms with Crippen LogP contribution in [0.5, 0.6) is 0 Å². The maximum atomic E-state index is 13.4. The summed E-state index contributed by atoms with van der Waals surface area (Å²) in [5, 5.41) is 8.77. The molecule has 4 nitrogen and oxygen atoms in total. The van der Waals surface area contributed by atoms with Gasteiger partial charge in [-0.05, 0) is 24.6 Å². The minimum atomic E-state index is -0.479. The van der Waals surface area contributed by atoms with E-state index in [2.05, 4.69) is 11.8 Å². The first kappa shape index (κ1) is 15.5. The van der Waals surface area contributed by atoms with Gasteiger partial charge in [0.15, 0.2) is 0 Å². The fourth-order valence-corrected chi connectivity index (χ4v) is 2.26.